The number of imidazole rings is 1. The number of nitrogens with zero attached hydrogens (tertiary/aromatic N) is 6. The summed E-state index contributed by atoms with van der Waals surface area (Å²) in [6.07, 6.45) is 3.72. The van der Waals surface area contributed by atoms with Crippen LogP contribution in [0, 0.1) is 18.3 Å². The summed E-state index contributed by atoms with van der Waals surface area (Å²) in [6, 6.07) is 21.7. The largest absolute Gasteiger partial charge is 0.497 e. The minimum absolute atomic E-state index is 0.183. The first kappa shape index (κ1) is 22.0. The molecule has 2 aromatic carbocycles. The van der Waals surface area contributed by atoms with Crippen LogP contribution in [0.15, 0.2) is 78.3 Å². The molecule has 4 aromatic rings. The summed E-state index contributed by atoms with van der Waals surface area (Å²) in [5, 5.41) is 14.9. The van der Waals surface area contributed by atoms with Crippen molar-refractivity contribution in [3.8, 4) is 23.1 Å². The number of nitrogens with two attached hydrogens (primary N) is 1. The van der Waals surface area contributed by atoms with Crippen molar-refractivity contribution in [3.63, 3.8) is 0 Å². The number of nitrogen functional groups attached to an aromatic ring is 1. The summed E-state index contributed by atoms with van der Waals surface area (Å²) in [5.41, 5.74) is 11.6. The molecule has 2 aromatic heterocycles. The van der Waals surface area contributed by atoms with E-state index in [0.29, 0.717) is 11.3 Å². The Morgan fingerprint density at radius 1 is 1.09 bits per heavy atom. The molecule has 0 amide bonds. The molecule has 0 saturated heterocycles. The molecule has 2 N–H and O–H groups in total. The summed E-state index contributed by atoms with van der Waals surface area (Å²) in [4.78, 5) is 8.97. The van der Waals surface area contributed by atoms with Gasteiger partial charge in [-0.25, -0.2) is 9.97 Å². The normalized spacial score (nSPS) is 15.1. The van der Waals surface area contributed by atoms with E-state index in [9.17, 15) is 5.26 Å². The Balaban J connectivity index is 1.74. The fourth-order valence-corrected chi connectivity index (χ4v) is 4.35. The lowest BCUT2D eigenvalue weighted by Crippen LogP contribution is -2.27. The molecule has 8 heteroatoms. The van der Waals surface area contributed by atoms with E-state index < -0.39 is 0 Å². The Morgan fingerprint density at radius 3 is 2.46 bits per heavy atom. The highest BCUT2D eigenvalue weighted by Crippen LogP contribution is 2.35. The van der Waals surface area contributed by atoms with Crippen LogP contribution in [-0.2, 0) is 0 Å². The van der Waals surface area contributed by atoms with Crippen molar-refractivity contribution in [3.05, 3.63) is 90.0 Å². The Bertz CT molecular complexity index is 1510. The maximum absolute atomic E-state index is 10.1. The molecule has 8 nitrogen and oxygen atoms in total. The minimum atomic E-state index is -0.333. The predicted molar refractivity (Wildman–Crippen MR) is 135 cm³/mol. The number of para-hydroxylation sites is 1. The molecule has 3 heterocycles. The zero-order valence-electron chi connectivity index (χ0n) is 19.7. The number of aryl methyl sites for hydroxylation is 1. The quantitative estimate of drug-likeness (QED) is 0.450. The third-order valence-corrected chi connectivity index (χ3v) is 6.01. The number of hydrogen-bond donors (Lipinski definition) is 1. The van der Waals surface area contributed by atoms with Gasteiger partial charge in [-0.15, -0.1) is 4.68 Å². The monoisotopic (exact) mass is 462 g/mol. The van der Waals surface area contributed by atoms with Crippen LogP contribution >= 0.6 is 0 Å². The van der Waals surface area contributed by atoms with Gasteiger partial charge in [0.1, 0.15) is 29.8 Å². The van der Waals surface area contributed by atoms with Gasteiger partial charge < -0.3 is 10.5 Å². The Hall–Kier alpha value is -4.77. The van der Waals surface area contributed by atoms with Crippen molar-refractivity contribution in [1.82, 2.24) is 14.5 Å². The summed E-state index contributed by atoms with van der Waals surface area (Å²) in [7, 11) is 1.63. The molecular weight excluding hydrogens is 438 g/mol. The van der Waals surface area contributed by atoms with Crippen molar-refractivity contribution in [2.24, 2.45) is 5.10 Å². The smallest absolute Gasteiger partial charge is 0.301 e. The van der Waals surface area contributed by atoms with Gasteiger partial charge in [0.05, 0.1) is 29.8 Å². The molecule has 0 fully saturated rings. The molecule has 1 atom stereocenters. The lowest BCUT2D eigenvalue weighted by molar-refractivity contribution is -0.444. The fourth-order valence-electron chi connectivity index (χ4n) is 4.35. The second-order valence-electron chi connectivity index (χ2n) is 8.30. The SMILES string of the molecule is COc1ccc(-c2cc(C3C(C)=N[N+](c4ccccc4)=C3n3cnc(C)c3)c(C#N)c(N)n2)cc1. The second-order valence-corrected chi connectivity index (χ2v) is 8.30. The summed E-state index contributed by atoms with van der Waals surface area (Å²) >= 11 is 0. The van der Waals surface area contributed by atoms with Crippen molar-refractivity contribution < 1.29 is 9.42 Å². The number of anilines is 1. The van der Waals surface area contributed by atoms with Gasteiger partial charge in [-0.2, -0.15) is 9.83 Å². The van der Waals surface area contributed by atoms with E-state index in [1.807, 2.05) is 90.0 Å². The highest BCUT2D eigenvalue weighted by molar-refractivity contribution is 6.12. The molecule has 0 aliphatic carbocycles. The maximum atomic E-state index is 10.1. The third kappa shape index (κ3) is 3.93. The topological polar surface area (TPSA) is 105 Å². The van der Waals surface area contributed by atoms with Gasteiger partial charge in [0.25, 0.3) is 0 Å². The number of pyridine rings is 1. The molecule has 0 saturated carbocycles. The first-order chi connectivity index (χ1) is 17.0. The molecule has 35 heavy (non-hydrogen) atoms. The molecule has 0 radical (unpaired) electrons. The summed E-state index contributed by atoms with van der Waals surface area (Å²) < 4.78 is 9.13. The van der Waals surface area contributed by atoms with Gasteiger partial charge in [0.2, 0.25) is 0 Å². The van der Waals surface area contributed by atoms with Crippen molar-refractivity contribution in [2.75, 3.05) is 12.8 Å². The van der Waals surface area contributed by atoms with Crippen LogP contribution in [-0.4, -0.2) is 37.9 Å². The number of methoxy groups -OCH3 is 1. The van der Waals surface area contributed by atoms with Crippen molar-refractivity contribution in [1.29, 1.82) is 5.26 Å². The van der Waals surface area contributed by atoms with Crippen molar-refractivity contribution in [2.45, 2.75) is 19.8 Å². The van der Waals surface area contributed by atoms with Gasteiger partial charge in [0.15, 0.2) is 12.0 Å². The van der Waals surface area contributed by atoms with Gasteiger partial charge in [-0.3, -0.25) is 0 Å². The van der Waals surface area contributed by atoms with E-state index in [1.54, 1.807) is 13.4 Å². The van der Waals surface area contributed by atoms with Crippen LogP contribution in [0.3, 0.4) is 0 Å². The average molecular weight is 463 g/mol. The van der Waals surface area contributed by atoms with Gasteiger partial charge in [-0.05, 0) is 61.9 Å². The Kier molecular flexibility index (Phi) is 5.59. The first-order valence-electron chi connectivity index (χ1n) is 11.1. The van der Waals surface area contributed by atoms with Gasteiger partial charge in [0, 0.05) is 5.56 Å². The van der Waals surface area contributed by atoms with Crippen LogP contribution in [0.2, 0.25) is 0 Å². The molecule has 1 unspecified atom stereocenters. The summed E-state index contributed by atoms with van der Waals surface area (Å²) in [5.74, 6) is 1.44. The third-order valence-electron chi connectivity index (χ3n) is 6.01. The summed E-state index contributed by atoms with van der Waals surface area (Å²) in [6.45, 7) is 3.90. The van der Waals surface area contributed by atoms with Crippen LogP contribution in [0.25, 0.3) is 11.3 Å². The van der Waals surface area contributed by atoms with Crippen LogP contribution in [0.5, 0.6) is 5.75 Å². The van der Waals surface area contributed by atoms with Crippen molar-refractivity contribution >= 4 is 23.1 Å². The zero-order chi connectivity index (χ0) is 24.5. The van der Waals surface area contributed by atoms with E-state index in [1.165, 1.54) is 0 Å². The number of hydrogen-bond acceptors (Lipinski definition) is 6. The van der Waals surface area contributed by atoms with Gasteiger partial charge >= 0.3 is 5.84 Å². The molecule has 5 rings (SSSR count). The van der Waals surface area contributed by atoms with E-state index >= 15 is 0 Å². The zero-order valence-corrected chi connectivity index (χ0v) is 19.7. The minimum Gasteiger partial charge on any atom is -0.497 e. The molecule has 0 spiro atoms. The number of hydrazone groups is 1. The first-order valence-corrected chi connectivity index (χ1v) is 11.1. The number of benzene rings is 2. The standard InChI is InChI=1S/C27H24N7O/c1-17-15-33(16-30-17)27-25(18(2)32-34(27)20-7-5-4-6-8-20)22-13-24(31-26(29)23(22)14-28)19-9-11-21(35-3)12-10-19/h4-13,15-16,25H,1-3H3,(H2,29,31)/q+1. The van der Waals surface area contributed by atoms with Crippen LogP contribution < -0.4 is 10.5 Å². The molecule has 1 aliphatic heterocycles. The highest BCUT2D eigenvalue weighted by atomic mass is 16.5. The van der Waals surface area contributed by atoms with E-state index in [-0.39, 0.29) is 11.7 Å². The number of ether oxygens (including phenoxy) is 1. The number of rotatable bonds is 4. The van der Waals surface area contributed by atoms with Crippen LogP contribution in [0.4, 0.5) is 11.5 Å². The van der Waals surface area contributed by atoms with E-state index in [2.05, 4.69) is 16.0 Å². The number of aromatic nitrogens is 3. The average Bonchev–Trinajstić information content (AvgIpc) is 3.46. The lowest BCUT2D eigenvalue weighted by Gasteiger charge is -2.15. The fraction of sp³-hybridized carbons (Fsp3) is 0.148. The molecule has 172 valence electrons. The number of nitriles is 1. The molecule has 0 bridgehead atoms. The lowest BCUT2D eigenvalue weighted by atomic mass is 9.89. The highest BCUT2D eigenvalue weighted by Gasteiger charge is 2.40. The molecular formula is C27H24N7O+. The Morgan fingerprint density at radius 2 is 1.83 bits per heavy atom. The van der Waals surface area contributed by atoms with Crippen LogP contribution in [0.1, 0.15) is 29.7 Å². The second kappa shape index (κ2) is 8.88. The predicted octanol–water partition coefficient (Wildman–Crippen LogP) is 4.48. The Labute approximate surface area is 203 Å². The van der Waals surface area contributed by atoms with E-state index in [4.69, 9.17) is 15.6 Å². The molecule has 1 aliphatic rings. The van der Waals surface area contributed by atoms with Gasteiger partial charge in [-0.1, -0.05) is 23.3 Å². The van der Waals surface area contributed by atoms with E-state index in [0.717, 1.165) is 39.8 Å². The maximum Gasteiger partial charge on any atom is 0.301 e.